The first-order valence-corrected chi connectivity index (χ1v) is 8.74. The van der Waals surface area contributed by atoms with Gasteiger partial charge in [-0.05, 0) is 44.0 Å². The van der Waals surface area contributed by atoms with Crippen molar-refractivity contribution in [2.75, 3.05) is 25.5 Å². The van der Waals surface area contributed by atoms with Crippen LogP contribution in [0.3, 0.4) is 0 Å². The largest absolute Gasteiger partial charge is 0.484 e. The molecule has 2 amide bonds. The van der Waals surface area contributed by atoms with Crippen molar-refractivity contribution in [2.45, 2.75) is 20.8 Å². The fourth-order valence-corrected chi connectivity index (χ4v) is 2.85. The van der Waals surface area contributed by atoms with Gasteiger partial charge < -0.3 is 15.0 Å². The second-order valence-corrected chi connectivity index (χ2v) is 6.84. The Morgan fingerprint density at radius 1 is 1.15 bits per heavy atom. The van der Waals surface area contributed by atoms with Crippen LogP contribution in [0.15, 0.2) is 30.3 Å². The molecule has 2 rings (SSSR count). The van der Waals surface area contributed by atoms with Gasteiger partial charge in [-0.1, -0.05) is 29.3 Å². The number of aryl methyl sites for hydroxylation is 3. The maximum atomic E-state index is 13.1. The lowest BCUT2D eigenvalue weighted by Gasteiger charge is -2.18. The number of amides is 2. The van der Waals surface area contributed by atoms with Crippen molar-refractivity contribution in [3.63, 3.8) is 0 Å². The Bertz CT molecular complexity index is 847. The first-order chi connectivity index (χ1) is 12.7. The lowest BCUT2D eigenvalue weighted by atomic mass is 10.1. The van der Waals surface area contributed by atoms with E-state index in [1.807, 2.05) is 32.9 Å². The summed E-state index contributed by atoms with van der Waals surface area (Å²) in [5.41, 5.74) is 3.80. The standard InChI is InChI=1S/C20H22ClFN2O3/c1-12-7-13(2)20(14(3)8-12)23-18(25)10-24(4)19(26)11-27-15-5-6-17(22)16(21)9-15/h5-9H,10-11H2,1-4H3,(H,23,25). The average Bonchev–Trinajstić information content (AvgIpc) is 2.58. The minimum Gasteiger partial charge on any atom is -0.484 e. The summed E-state index contributed by atoms with van der Waals surface area (Å²) in [6.45, 7) is 5.44. The van der Waals surface area contributed by atoms with Gasteiger partial charge in [-0.2, -0.15) is 0 Å². The average molecular weight is 393 g/mol. The van der Waals surface area contributed by atoms with Gasteiger partial charge in [-0.15, -0.1) is 0 Å². The van der Waals surface area contributed by atoms with Crippen molar-refractivity contribution in [2.24, 2.45) is 0 Å². The van der Waals surface area contributed by atoms with Gasteiger partial charge in [0.1, 0.15) is 11.6 Å². The molecule has 0 saturated carbocycles. The SMILES string of the molecule is Cc1cc(C)c(NC(=O)CN(C)C(=O)COc2ccc(F)c(Cl)c2)c(C)c1. The fourth-order valence-electron chi connectivity index (χ4n) is 2.68. The van der Waals surface area contributed by atoms with Crippen LogP contribution in [0.4, 0.5) is 10.1 Å². The van der Waals surface area contributed by atoms with Gasteiger partial charge in [0.05, 0.1) is 11.6 Å². The molecule has 2 aromatic carbocycles. The monoisotopic (exact) mass is 392 g/mol. The Morgan fingerprint density at radius 2 is 1.78 bits per heavy atom. The smallest absolute Gasteiger partial charge is 0.260 e. The third kappa shape index (κ3) is 5.69. The highest BCUT2D eigenvalue weighted by Crippen LogP contribution is 2.22. The minimum atomic E-state index is -0.564. The van der Waals surface area contributed by atoms with Gasteiger partial charge in [0.25, 0.3) is 5.91 Å². The molecule has 7 heteroatoms. The van der Waals surface area contributed by atoms with E-state index in [4.69, 9.17) is 16.3 Å². The van der Waals surface area contributed by atoms with E-state index < -0.39 is 5.82 Å². The number of likely N-dealkylation sites (N-methyl/N-ethyl adjacent to an activating group) is 1. The van der Waals surface area contributed by atoms with E-state index in [0.717, 1.165) is 28.4 Å². The predicted molar refractivity (Wildman–Crippen MR) is 104 cm³/mol. The third-order valence-corrected chi connectivity index (χ3v) is 4.29. The number of nitrogens with one attached hydrogen (secondary N) is 1. The van der Waals surface area contributed by atoms with Crippen molar-refractivity contribution >= 4 is 29.1 Å². The number of hydrogen-bond acceptors (Lipinski definition) is 3. The molecule has 27 heavy (non-hydrogen) atoms. The lowest BCUT2D eigenvalue weighted by Crippen LogP contribution is -2.37. The zero-order valence-electron chi connectivity index (χ0n) is 15.7. The summed E-state index contributed by atoms with van der Waals surface area (Å²) in [6, 6.07) is 7.80. The van der Waals surface area contributed by atoms with E-state index >= 15 is 0 Å². The van der Waals surface area contributed by atoms with Gasteiger partial charge in [0.2, 0.25) is 5.91 Å². The first kappa shape index (κ1) is 20.7. The van der Waals surface area contributed by atoms with Crippen LogP contribution >= 0.6 is 11.6 Å². The Labute approximate surface area is 163 Å². The van der Waals surface area contributed by atoms with E-state index in [1.54, 1.807) is 0 Å². The molecule has 0 aromatic heterocycles. The number of hydrogen-bond donors (Lipinski definition) is 1. The third-order valence-electron chi connectivity index (χ3n) is 4.00. The van der Waals surface area contributed by atoms with Crippen LogP contribution in [0.25, 0.3) is 0 Å². The zero-order valence-corrected chi connectivity index (χ0v) is 16.5. The van der Waals surface area contributed by atoms with Crippen LogP contribution in [0.1, 0.15) is 16.7 Å². The molecule has 0 saturated heterocycles. The molecule has 0 aliphatic heterocycles. The predicted octanol–water partition coefficient (Wildman–Crippen LogP) is 3.88. The maximum Gasteiger partial charge on any atom is 0.260 e. The molecule has 144 valence electrons. The Balaban J connectivity index is 1.90. The van der Waals surface area contributed by atoms with Gasteiger partial charge in [0.15, 0.2) is 6.61 Å². The lowest BCUT2D eigenvalue weighted by molar-refractivity contribution is -0.135. The molecule has 0 aliphatic carbocycles. The Hall–Kier alpha value is -2.60. The van der Waals surface area contributed by atoms with E-state index in [0.29, 0.717) is 0 Å². The molecule has 0 unspecified atom stereocenters. The van der Waals surface area contributed by atoms with Gasteiger partial charge >= 0.3 is 0 Å². The van der Waals surface area contributed by atoms with Gasteiger partial charge in [-0.3, -0.25) is 9.59 Å². The second kappa shape index (κ2) is 8.86. The van der Waals surface area contributed by atoms with Crippen molar-refractivity contribution in [3.8, 4) is 5.75 Å². The zero-order chi connectivity index (χ0) is 20.1. The van der Waals surface area contributed by atoms with Crippen molar-refractivity contribution in [1.82, 2.24) is 4.90 Å². The number of halogens is 2. The number of carbonyl (C=O) groups is 2. The highest BCUT2D eigenvalue weighted by molar-refractivity contribution is 6.30. The molecule has 0 atom stereocenters. The van der Waals surface area contributed by atoms with Crippen LogP contribution in [-0.2, 0) is 9.59 Å². The first-order valence-electron chi connectivity index (χ1n) is 8.37. The van der Waals surface area contributed by atoms with Crippen LogP contribution in [0.5, 0.6) is 5.75 Å². The highest BCUT2D eigenvalue weighted by Gasteiger charge is 2.15. The molecule has 0 radical (unpaired) electrons. The molecular formula is C20H22ClFN2O3. The van der Waals surface area contributed by atoms with Gasteiger partial charge in [0, 0.05) is 18.8 Å². The normalized spacial score (nSPS) is 10.4. The van der Waals surface area contributed by atoms with Crippen molar-refractivity contribution < 1.29 is 18.7 Å². The molecular weight excluding hydrogens is 371 g/mol. The molecule has 0 fully saturated rings. The summed E-state index contributed by atoms with van der Waals surface area (Å²) in [5.74, 6) is -0.974. The van der Waals surface area contributed by atoms with E-state index in [1.165, 1.54) is 24.1 Å². The van der Waals surface area contributed by atoms with E-state index in [-0.39, 0.29) is 35.7 Å². The molecule has 5 nitrogen and oxygen atoms in total. The van der Waals surface area contributed by atoms with Crippen LogP contribution < -0.4 is 10.1 Å². The Morgan fingerprint density at radius 3 is 2.37 bits per heavy atom. The van der Waals surface area contributed by atoms with Crippen molar-refractivity contribution in [3.05, 3.63) is 57.9 Å². The summed E-state index contributed by atoms with van der Waals surface area (Å²) in [7, 11) is 1.51. The number of nitrogens with zero attached hydrogens (tertiary/aromatic N) is 1. The summed E-state index contributed by atoms with van der Waals surface area (Å²) in [5, 5.41) is 2.76. The number of anilines is 1. The summed E-state index contributed by atoms with van der Waals surface area (Å²) >= 11 is 5.67. The molecule has 0 aliphatic rings. The van der Waals surface area contributed by atoms with E-state index in [2.05, 4.69) is 5.32 Å². The Kier molecular flexibility index (Phi) is 6.80. The van der Waals surface area contributed by atoms with Crippen LogP contribution in [-0.4, -0.2) is 36.9 Å². The molecule has 0 spiro atoms. The fraction of sp³-hybridized carbons (Fsp3) is 0.300. The van der Waals surface area contributed by atoms with Gasteiger partial charge in [-0.25, -0.2) is 4.39 Å². The second-order valence-electron chi connectivity index (χ2n) is 6.44. The summed E-state index contributed by atoms with van der Waals surface area (Å²) in [6.07, 6.45) is 0. The molecule has 2 aromatic rings. The quantitative estimate of drug-likeness (QED) is 0.811. The maximum absolute atomic E-state index is 13.1. The van der Waals surface area contributed by atoms with E-state index in [9.17, 15) is 14.0 Å². The van der Waals surface area contributed by atoms with Crippen LogP contribution in [0, 0.1) is 26.6 Å². The molecule has 0 bridgehead atoms. The molecule has 0 heterocycles. The number of carbonyl (C=O) groups excluding carboxylic acids is 2. The van der Waals surface area contributed by atoms with Crippen molar-refractivity contribution in [1.29, 1.82) is 0 Å². The number of benzene rings is 2. The topological polar surface area (TPSA) is 58.6 Å². The number of rotatable bonds is 6. The minimum absolute atomic E-state index is 0.0866. The summed E-state index contributed by atoms with van der Waals surface area (Å²) in [4.78, 5) is 25.7. The summed E-state index contributed by atoms with van der Waals surface area (Å²) < 4.78 is 18.4. The van der Waals surface area contributed by atoms with Crippen LogP contribution in [0.2, 0.25) is 5.02 Å². The highest BCUT2D eigenvalue weighted by atomic mass is 35.5. The number of ether oxygens (including phenoxy) is 1. The molecule has 1 N–H and O–H groups in total.